The maximum Gasteiger partial charge on any atom is 0.305 e. The molecule has 2 unspecified atom stereocenters. The van der Waals surface area contributed by atoms with Gasteiger partial charge in [-0.2, -0.15) is 0 Å². The maximum atomic E-state index is 12.4. The van der Waals surface area contributed by atoms with E-state index in [1.807, 2.05) is 0 Å². The standard InChI is InChI=1S/C53H99NO5/c1-3-5-7-9-11-13-15-17-18-19-20-21-22-24-26-31-35-39-43-47-53(58)59-48-44-40-36-32-28-27-30-34-38-42-46-52(57)54-50(49-55)51(56)45-41-37-33-29-25-23-16-14-12-10-8-6-4-2/h11,13,17-18,28,32,50-51,55-56H,3-10,12,14-16,19-27,29-31,33-49H2,1-2H3,(H,54,57)/b13-11-,18-17-,32-28-. The van der Waals surface area contributed by atoms with E-state index in [-0.39, 0.29) is 18.5 Å². The average Bonchev–Trinajstić information content (AvgIpc) is 3.24. The minimum Gasteiger partial charge on any atom is -0.466 e. The molecule has 0 heterocycles. The van der Waals surface area contributed by atoms with Gasteiger partial charge in [0.15, 0.2) is 0 Å². The molecule has 0 aromatic rings. The molecule has 0 bridgehead atoms. The van der Waals surface area contributed by atoms with Gasteiger partial charge in [-0.3, -0.25) is 9.59 Å². The van der Waals surface area contributed by atoms with Crippen LogP contribution < -0.4 is 5.32 Å². The van der Waals surface area contributed by atoms with Gasteiger partial charge in [0, 0.05) is 12.8 Å². The van der Waals surface area contributed by atoms with Crippen molar-refractivity contribution in [2.45, 2.75) is 276 Å². The SMILES string of the molecule is CCCCC/C=C\C/C=C\CCCCCCCCCCCC(=O)OCCCC/C=C\CCCCCCC(=O)NC(CO)C(O)CCCCCCCCCCCCCCC. The van der Waals surface area contributed by atoms with Crippen LogP contribution in [0, 0.1) is 0 Å². The highest BCUT2D eigenvalue weighted by Crippen LogP contribution is 2.16. The van der Waals surface area contributed by atoms with Crippen LogP contribution in [-0.2, 0) is 14.3 Å². The molecule has 0 aliphatic heterocycles. The molecule has 0 saturated heterocycles. The van der Waals surface area contributed by atoms with Crippen LogP contribution in [0.5, 0.6) is 0 Å². The fourth-order valence-corrected chi connectivity index (χ4v) is 7.66. The molecule has 1 amide bonds. The third-order valence-corrected chi connectivity index (χ3v) is 11.7. The molecule has 0 spiro atoms. The largest absolute Gasteiger partial charge is 0.466 e. The Morgan fingerprint density at radius 3 is 1.34 bits per heavy atom. The fourth-order valence-electron chi connectivity index (χ4n) is 7.66. The van der Waals surface area contributed by atoms with Crippen molar-refractivity contribution in [1.29, 1.82) is 0 Å². The zero-order valence-electron chi connectivity index (χ0n) is 39.2. The Labute approximate surface area is 366 Å². The van der Waals surface area contributed by atoms with Gasteiger partial charge in [0.1, 0.15) is 0 Å². The van der Waals surface area contributed by atoms with Crippen molar-refractivity contribution in [2.24, 2.45) is 0 Å². The Morgan fingerprint density at radius 1 is 0.475 bits per heavy atom. The molecular weight excluding hydrogens is 731 g/mol. The molecule has 0 aliphatic carbocycles. The summed E-state index contributed by atoms with van der Waals surface area (Å²) in [5.74, 6) is -0.113. The number of carbonyl (C=O) groups is 2. The van der Waals surface area contributed by atoms with E-state index in [1.165, 1.54) is 148 Å². The van der Waals surface area contributed by atoms with Crippen LogP contribution in [0.4, 0.5) is 0 Å². The lowest BCUT2D eigenvalue weighted by Crippen LogP contribution is -2.45. The Hall–Kier alpha value is -1.92. The van der Waals surface area contributed by atoms with E-state index < -0.39 is 12.1 Å². The van der Waals surface area contributed by atoms with E-state index in [2.05, 4.69) is 55.6 Å². The number of aliphatic hydroxyl groups excluding tert-OH is 2. The Kier molecular flexibility index (Phi) is 47.2. The third-order valence-electron chi connectivity index (χ3n) is 11.7. The van der Waals surface area contributed by atoms with Crippen molar-refractivity contribution < 1.29 is 24.5 Å². The summed E-state index contributed by atoms with van der Waals surface area (Å²) in [5, 5.41) is 23.1. The first-order valence-electron chi connectivity index (χ1n) is 25.7. The summed E-state index contributed by atoms with van der Waals surface area (Å²) in [6, 6.07) is -0.567. The van der Waals surface area contributed by atoms with Crippen molar-refractivity contribution in [3.8, 4) is 0 Å². The summed E-state index contributed by atoms with van der Waals surface area (Å²) < 4.78 is 5.44. The van der Waals surface area contributed by atoms with Crippen molar-refractivity contribution in [1.82, 2.24) is 5.32 Å². The Morgan fingerprint density at radius 2 is 0.847 bits per heavy atom. The van der Waals surface area contributed by atoms with Gasteiger partial charge in [0.05, 0.1) is 25.4 Å². The summed E-state index contributed by atoms with van der Waals surface area (Å²) in [6.45, 7) is 4.83. The van der Waals surface area contributed by atoms with Crippen molar-refractivity contribution in [2.75, 3.05) is 13.2 Å². The van der Waals surface area contributed by atoms with Crippen LogP contribution in [-0.4, -0.2) is 47.4 Å². The van der Waals surface area contributed by atoms with Crippen molar-refractivity contribution in [3.05, 3.63) is 36.5 Å². The number of aliphatic hydroxyl groups is 2. The van der Waals surface area contributed by atoms with E-state index >= 15 is 0 Å². The van der Waals surface area contributed by atoms with Crippen LogP contribution >= 0.6 is 0 Å². The number of hydrogen-bond donors (Lipinski definition) is 3. The van der Waals surface area contributed by atoms with Crippen LogP contribution in [0.3, 0.4) is 0 Å². The van der Waals surface area contributed by atoms with Gasteiger partial charge in [-0.05, 0) is 83.5 Å². The molecule has 0 aromatic heterocycles. The number of unbranched alkanes of at least 4 members (excludes halogenated alkanes) is 30. The number of nitrogens with one attached hydrogen (secondary N) is 1. The van der Waals surface area contributed by atoms with Crippen LogP contribution in [0.15, 0.2) is 36.5 Å². The van der Waals surface area contributed by atoms with Crippen LogP contribution in [0.1, 0.15) is 264 Å². The lowest BCUT2D eigenvalue weighted by atomic mass is 10.0. The first-order valence-corrected chi connectivity index (χ1v) is 25.7. The molecule has 2 atom stereocenters. The predicted octanol–water partition coefficient (Wildman–Crippen LogP) is 15.3. The molecule has 346 valence electrons. The summed E-state index contributed by atoms with van der Waals surface area (Å²) in [6.07, 6.45) is 58.3. The topological polar surface area (TPSA) is 95.9 Å². The molecule has 0 radical (unpaired) electrons. The van der Waals surface area contributed by atoms with E-state index in [4.69, 9.17) is 4.74 Å². The Bertz CT molecular complexity index is 962. The molecule has 0 fully saturated rings. The zero-order chi connectivity index (χ0) is 43.0. The average molecular weight is 830 g/mol. The fraction of sp³-hybridized carbons (Fsp3) is 0.849. The highest BCUT2D eigenvalue weighted by Gasteiger charge is 2.20. The highest BCUT2D eigenvalue weighted by atomic mass is 16.5. The molecule has 0 saturated carbocycles. The first kappa shape index (κ1) is 57.1. The first-order chi connectivity index (χ1) is 29.0. The molecule has 3 N–H and O–H groups in total. The van der Waals surface area contributed by atoms with Gasteiger partial charge in [-0.25, -0.2) is 0 Å². The number of amides is 1. The molecular formula is C53H99NO5. The van der Waals surface area contributed by atoms with E-state index in [9.17, 15) is 19.8 Å². The predicted molar refractivity (Wildman–Crippen MR) is 255 cm³/mol. The minimum atomic E-state index is -0.686. The second-order valence-corrected chi connectivity index (χ2v) is 17.5. The molecule has 59 heavy (non-hydrogen) atoms. The van der Waals surface area contributed by atoms with Crippen LogP contribution in [0.2, 0.25) is 0 Å². The molecule has 0 aromatic carbocycles. The van der Waals surface area contributed by atoms with E-state index in [0.717, 1.165) is 83.5 Å². The highest BCUT2D eigenvalue weighted by molar-refractivity contribution is 5.76. The molecule has 6 heteroatoms. The monoisotopic (exact) mass is 830 g/mol. The minimum absolute atomic E-state index is 0.0407. The lowest BCUT2D eigenvalue weighted by molar-refractivity contribution is -0.143. The molecule has 6 nitrogen and oxygen atoms in total. The number of ether oxygens (including phenoxy) is 1. The smallest absolute Gasteiger partial charge is 0.305 e. The lowest BCUT2D eigenvalue weighted by Gasteiger charge is -2.22. The third kappa shape index (κ3) is 45.4. The second kappa shape index (κ2) is 48.7. The van der Waals surface area contributed by atoms with E-state index in [0.29, 0.717) is 25.9 Å². The summed E-state index contributed by atoms with van der Waals surface area (Å²) >= 11 is 0. The summed E-state index contributed by atoms with van der Waals surface area (Å²) in [5.41, 5.74) is 0. The number of hydrogen-bond acceptors (Lipinski definition) is 5. The number of allylic oxidation sites excluding steroid dienone is 6. The second-order valence-electron chi connectivity index (χ2n) is 17.5. The summed E-state index contributed by atoms with van der Waals surface area (Å²) in [4.78, 5) is 24.5. The van der Waals surface area contributed by atoms with Crippen LogP contribution in [0.25, 0.3) is 0 Å². The molecule has 0 rings (SSSR count). The Balaban J connectivity index is 3.51. The quantitative estimate of drug-likeness (QED) is 0.0323. The van der Waals surface area contributed by atoms with Gasteiger partial charge in [-0.15, -0.1) is 0 Å². The van der Waals surface area contributed by atoms with Gasteiger partial charge in [0.2, 0.25) is 5.91 Å². The normalized spacial score (nSPS) is 12.9. The number of carbonyl (C=O) groups excluding carboxylic acids is 2. The molecule has 0 aliphatic rings. The van der Waals surface area contributed by atoms with Gasteiger partial charge in [-0.1, -0.05) is 204 Å². The maximum absolute atomic E-state index is 12.4. The van der Waals surface area contributed by atoms with E-state index in [1.54, 1.807) is 0 Å². The van der Waals surface area contributed by atoms with Gasteiger partial charge < -0.3 is 20.3 Å². The van der Waals surface area contributed by atoms with Gasteiger partial charge in [0.25, 0.3) is 0 Å². The number of esters is 1. The van der Waals surface area contributed by atoms with Gasteiger partial charge >= 0.3 is 5.97 Å². The van der Waals surface area contributed by atoms with Crippen molar-refractivity contribution >= 4 is 11.9 Å². The summed E-state index contributed by atoms with van der Waals surface area (Å²) in [7, 11) is 0. The zero-order valence-corrected chi connectivity index (χ0v) is 39.2. The van der Waals surface area contributed by atoms with Crippen molar-refractivity contribution in [3.63, 3.8) is 0 Å². The number of rotatable bonds is 47.